The van der Waals surface area contributed by atoms with Gasteiger partial charge < -0.3 is 15.5 Å². The third-order valence-electron chi connectivity index (χ3n) is 5.75. The summed E-state index contributed by atoms with van der Waals surface area (Å²) in [6, 6.07) is 9.90. The smallest absolute Gasteiger partial charge is 0.319 e. The Bertz CT molecular complexity index is 871. The molecule has 1 heterocycles. The molecule has 1 saturated heterocycles. The van der Waals surface area contributed by atoms with E-state index in [1.807, 2.05) is 17.0 Å². The summed E-state index contributed by atoms with van der Waals surface area (Å²) < 4.78 is 26.6. The summed E-state index contributed by atoms with van der Waals surface area (Å²) in [6.07, 6.45) is 5.36. The second-order valence-electron chi connectivity index (χ2n) is 7.68. The number of carbonyl (C=O) groups excluding carboxylic acids is 1. The third-order valence-corrected chi connectivity index (χ3v) is 5.75. The Balaban J connectivity index is 1.29. The number of nitrogens with one attached hydrogen (secondary N) is 2. The van der Waals surface area contributed by atoms with Gasteiger partial charge in [0.05, 0.1) is 0 Å². The molecule has 4 nitrogen and oxygen atoms in total. The van der Waals surface area contributed by atoms with Crippen LogP contribution < -0.4 is 15.5 Å². The predicted octanol–water partition coefficient (Wildman–Crippen LogP) is 4.49. The van der Waals surface area contributed by atoms with E-state index in [0.717, 1.165) is 44.0 Å². The van der Waals surface area contributed by atoms with Crippen LogP contribution in [0, 0.1) is 17.6 Å². The molecule has 0 spiro atoms. The fourth-order valence-corrected chi connectivity index (χ4v) is 4.22. The molecular weight excluding hydrogens is 360 g/mol. The highest BCUT2D eigenvalue weighted by atomic mass is 19.2. The van der Waals surface area contributed by atoms with Crippen LogP contribution in [-0.2, 0) is 12.8 Å². The number of hydrogen-bond acceptors (Lipinski definition) is 2. The Morgan fingerprint density at radius 2 is 1.96 bits per heavy atom. The van der Waals surface area contributed by atoms with Gasteiger partial charge in [-0.15, -0.1) is 0 Å². The second kappa shape index (κ2) is 8.17. The fourth-order valence-electron chi connectivity index (χ4n) is 4.22. The van der Waals surface area contributed by atoms with Crippen LogP contribution in [0.5, 0.6) is 0 Å². The number of urea groups is 1. The van der Waals surface area contributed by atoms with Gasteiger partial charge in [0.25, 0.3) is 0 Å². The van der Waals surface area contributed by atoms with Gasteiger partial charge in [0.15, 0.2) is 11.6 Å². The number of amides is 2. The number of halogens is 2. The number of benzene rings is 2. The van der Waals surface area contributed by atoms with E-state index < -0.39 is 11.6 Å². The monoisotopic (exact) mass is 385 g/mol. The standard InChI is InChI=1S/C22H25F2N3O/c23-19-9-8-17(12-20(19)24)27-11-10-15(14-27)13-25-22(28)26-21-7-3-5-16-4-1-2-6-18(16)21/h3,5,7-9,12,15H,1-2,4,6,10-11,13-14H2,(H2,25,26,28). The van der Waals surface area contributed by atoms with E-state index in [4.69, 9.17) is 0 Å². The number of aryl methyl sites for hydroxylation is 1. The van der Waals surface area contributed by atoms with Gasteiger partial charge in [-0.05, 0) is 67.3 Å². The molecule has 1 unspecified atom stereocenters. The summed E-state index contributed by atoms with van der Waals surface area (Å²) in [4.78, 5) is 14.4. The molecule has 28 heavy (non-hydrogen) atoms. The summed E-state index contributed by atoms with van der Waals surface area (Å²) in [5.41, 5.74) is 4.18. The summed E-state index contributed by atoms with van der Waals surface area (Å²) in [7, 11) is 0. The summed E-state index contributed by atoms with van der Waals surface area (Å²) in [6.45, 7) is 2.04. The molecule has 0 saturated carbocycles. The lowest BCUT2D eigenvalue weighted by molar-refractivity contribution is 0.250. The highest BCUT2D eigenvalue weighted by molar-refractivity contribution is 5.90. The zero-order valence-electron chi connectivity index (χ0n) is 15.8. The second-order valence-corrected chi connectivity index (χ2v) is 7.68. The molecule has 1 aliphatic heterocycles. The first-order valence-corrected chi connectivity index (χ1v) is 9.96. The number of fused-ring (bicyclic) bond motifs is 1. The molecule has 4 rings (SSSR count). The molecule has 2 aromatic carbocycles. The molecule has 2 aromatic rings. The van der Waals surface area contributed by atoms with Gasteiger partial charge in [0.1, 0.15) is 0 Å². The lowest BCUT2D eigenvalue weighted by Gasteiger charge is -2.20. The maximum atomic E-state index is 13.4. The van der Waals surface area contributed by atoms with Gasteiger partial charge >= 0.3 is 6.03 Å². The third kappa shape index (κ3) is 4.11. The van der Waals surface area contributed by atoms with Crippen LogP contribution in [0.3, 0.4) is 0 Å². The minimum Gasteiger partial charge on any atom is -0.371 e. The van der Waals surface area contributed by atoms with Crippen molar-refractivity contribution in [3.8, 4) is 0 Å². The number of nitrogens with zero attached hydrogens (tertiary/aromatic N) is 1. The van der Waals surface area contributed by atoms with E-state index in [-0.39, 0.29) is 11.9 Å². The minimum absolute atomic E-state index is 0.190. The van der Waals surface area contributed by atoms with Gasteiger partial charge in [-0.2, -0.15) is 0 Å². The zero-order valence-corrected chi connectivity index (χ0v) is 15.8. The Morgan fingerprint density at radius 3 is 2.82 bits per heavy atom. The molecule has 0 radical (unpaired) electrons. The van der Waals surface area contributed by atoms with Crippen LogP contribution in [0.1, 0.15) is 30.4 Å². The first-order valence-electron chi connectivity index (χ1n) is 9.96. The van der Waals surface area contributed by atoms with Gasteiger partial charge in [0, 0.05) is 37.1 Å². The van der Waals surface area contributed by atoms with Crippen LogP contribution in [0.4, 0.5) is 25.0 Å². The van der Waals surface area contributed by atoms with Crippen molar-refractivity contribution in [2.45, 2.75) is 32.1 Å². The Hall–Kier alpha value is -2.63. The van der Waals surface area contributed by atoms with Crippen LogP contribution >= 0.6 is 0 Å². The van der Waals surface area contributed by atoms with E-state index in [1.165, 1.54) is 23.6 Å². The lowest BCUT2D eigenvalue weighted by Crippen LogP contribution is -2.34. The van der Waals surface area contributed by atoms with Gasteiger partial charge in [-0.1, -0.05) is 12.1 Å². The topological polar surface area (TPSA) is 44.4 Å². The molecule has 1 fully saturated rings. The quantitative estimate of drug-likeness (QED) is 0.814. The molecule has 6 heteroatoms. The molecule has 1 aliphatic carbocycles. The van der Waals surface area contributed by atoms with Crippen LogP contribution in [0.25, 0.3) is 0 Å². The summed E-state index contributed by atoms with van der Waals surface area (Å²) in [5, 5.41) is 5.96. The molecule has 0 bridgehead atoms. The van der Waals surface area contributed by atoms with E-state index in [0.29, 0.717) is 18.8 Å². The number of anilines is 2. The molecule has 148 valence electrons. The lowest BCUT2D eigenvalue weighted by atomic mass is 9.90. The zero-order chi connectivity index (χ0) is 19.5. The van der Waals surface area contributed by atoms with Crippen molar-refractivity contribution in [3.05, 3.63) is 59.2 Å². The molecule has 0 aromatic heterocycles. The van der Waals surface area contributed by atoms with Crippen molar-refractivity contribution in [2.75, 3.05) is 29.9 Å². The van der Waals surface area contributed by atoms with E-state index in [1.54, 1.807) is 6.07 Å². The summed E-state index contributed by atoms with van der Waals surface area (Å²) >= 11 is 0. The molecular formula is C22H25F2N3O. The SMILES string of the molecule is O=C(NCC1CCN(c2ccc(F)c(F)c2)C1)Nc1cccc2c1CCCC2. The van der Waals surface area contributed by atoms with Gasteiger partial charge in [0.2, 0.25) is 0 Å². The first kappa shape index (κ1) is 18.7. The predicted molar refractivity (Wildman–Crippen MR) is 107 cm³/mol. The maximum absolute atomic E-state index is 13.4. The average molecular weight is 385 g/mol. The van der Waals surface area contributed by atoms with Crippen molar-refractivity contribution in [1.29, 1.82) is 0 Å². The highest BCUT2D eigenvalue weighted by Gasteiger charge is 2.24. The first-order chi connectivity index (χ1) is 13.6. The largest absolute Gasteiger partial charge is 0.371 e. The van der Waals surface area contributed by atoms with E-state index >= 15 is 0 Å². The molecule has 2 amide bonds. The van der Waals surface area contributed by atoms with Crippen LogP contribution in [0.2, 0.25) is 0 Å². The Labute approximate surface area is 163 Å². The maximum Gasteiger partial charge on any atom is 0.319 e. The fraction of sp³-hybridized carbons (Fsp3) is 0.409. The number of rotatable bonds is 4. The number of hydrogen-bond donors (Lipinski definition) is 2. The normalized spacial score (nSPS) is 18.6. The van der Waals surface area contributed by atoms with Gasteiger partial charge in [-0.3, -0.25) is 0 Å². The van der Waals surface area contributed by atoms with Crippen molar-refractivity contribution in [3.63, 3.8) is 0 Å². The number of carbonyl (C=O) groups is 1. The van der Waals surface area contributed by atoms with E-state index in [2.05, 4.69) is 16.7 Å². The van der Waals surface area contributed by atoms with Crippen molar-refractivity contribution >= 4 is 17.4 Å². The summed E-state index contributed by atoms with van der Waals surface area (Å²) in [5.74, 6) is -1.38. The minimum atomic E-state index is -0.832. The van der Waals surface area contributed by atoms with Crippen molar-refractivity contribution in [2.24, 2.45) is 5.92 Å². The molecule has 2 N–H and O–H groups in total. The van der Waals surface area contributed by atoms with Gasteiger partial charge in [-0.25, -0.2) is 13.6 Å². The van der Waals surface area contributed by atoms with Crippen molar-refractivity contribution in [1.82, 2.24) is 5.32 Å². The van der Waals surface area contributed by atoms with Crippen molar-refractivity contribution < 1.29 is 13.6 Å². The van der Waals surface area contributed by atoms with Crippen LogP contribution in [-0.4, -0.2) is 25.7 Å². The Kier molecular flexibility index (Phi) is 5.46. The van der Waals surface area contributed by atoms with Crippen LogP contribution in [0.15, 0.2) is 36.4 Å². The highest BCUT2D eigenvalue weighted by Crippen LogP contribution is 2.28. The molecule has 1 atom stereocenters. The average Bonchev–Trinajstić information content (AvgIpc) is 3.18. The van der Waals surface area contributed by atoms with E-state index in [9.17, 15) is 13.6 Å². The Morgan fingerprint density at radius 1 is 1.11 bits per heavy atom. The molecule has 2 aliphatic rings.